The van der Waals surface area contributed by atoms with Crippen LogP contribution in [0.3, 0.4) is 0 Å². The highest BCUT2D eigenvalue weighted by Crippen LogP contribution is 2.48. The molecule has 0 saturated heterocycles. The van der Waals surface area contributed by atoms with Gasteiger partial charge in [0.1, 0.15) is 0 Å². The summed E-state index contributed by atoms with van der Waals surface area (Å²) >= 11 is 6.75. The summed E-state index contributed by atoms with van der Waals surface area (Å²) in [6.07, 6.45) is 4.67. The number of rotatable bonds is 3. The van der Waals surface area contributed by atoms with Gasteiger partial charge in [-0.3, -0.25) is 9.59 Å². The van der Waals surface area contributed by atoms with E-state index in [-0.39, 0.29) is 17.7 Å². The maximum Gasteiger partial charge on any atom is 0.307 e. The van der Waals surface area contributed by atoms with Crippen molar-refractivity contribution in [3.05, 3.63) is 39.3 Å². The SMILES string of the molecule is O=C(Nc1ccc(Br)c(Br)c1)[C@@H]1[C@H](C(=O)O)[C@H]2C=C[C@H]1C2. The third-order valence-corrected chi connectivity index (χ3v) is 6.11. The number of aliphatic carboxylic acids is 1. The van der Waals surface area contributed by atoms with Crippen LogP contribution in [0, 0.1) is 23.7 Å². The monoisotopic (exact) mass is 413 g/mol. The van der Waals surface area contributed by atoms with Gasteiger partial charge < -0.3 is 10.4 Å². The molecule has 2 N–H and O–H groups in total. The lowest BCUT2D eigenvalue weighted by atomic mass is 9.82. The third-order valence-electron chi connectivity index (χ3n) is 4.23. The first-order valence-corrected chi connectivity index (χ1v) is 8.23. The molecule has 4 nitrogen and oxygen atoms in total. The van der Waals surface area contributed by atoms with Crippen LogP contribution in [0.15, 0.2) is 39.3 Å². The van der Waals surface area contributed by atoms with Crippen LogP contribution in [0.25, 0.3) is 0 Å². The number of carbonyl (C=O) groups is 2. The Bertz CT molecular complexity index is 644. The quantitative estimate of drug-likeness (QED) is 0.741. The Labute approximate surface area is 138 Å². The smallest absolute Gasteiger partial charge is 0.307 e. The second-order valence-corrected chi connectivity index (χ2v) is 7.16. The summed E-state index contributed by atoms with van der Waals surface area (Å²) in [5, 5.41) is 12.2. The Morgan fingerprint density at radius 1 is 1.10 bits per heavy atom. The number of fused-ring (bicyclic) bond motifs is 2. The van der Waals surface area contributed by atoms with Crippen molar-refractivity contribution in [3.8, 4) is 0 Å². The Hall–Kier alpha value is -1.14. The van der Waals surface area contributed by atoms with E-state index in [0.717, 1.165) is 15.4 Å². The third kappa shape index (κ3) is 2.66. The Balaban J connectivity index is 1.80. The van der Waals surface area contributed by atoms with Crippen LogP contribution in [0.1, 0.15) is 6.42 Å². The van der Waals surface area contributed by atoms with Crippen molar-refractivity contribution in [1.29, 1.82) is 0 Å². The van der Waals surface area contributed by atoms with Crippen molar-refractivity contribution in [2.45, 2.75) is 6.42 Å². The molecular weight excluding hydrogens is 402 g/mol. The molecule has 2 bridgehead atoms. The number of benzene rings is 1. The minimum Gasteiger partial charge on any atom is -0.481 e. The number of nitrogens with one attached hydrogen (secondary N) is 1. The molecule has 1 aromatic carbocycles. The number of amides is 1. The summed E-state index contributed by atoms with van der Waals surface area (Å²) in [5.74, 6) is -2.17. The summed E-state index contributed by atoms with van der Waals surface area (Å²) < 4.78 is 1.73. The van der Waals surface area contributed by atoms with Crippen molar-refractivity contribution in [1.82, 2.24) is 0 Å². The van der Waals surface area contributed by atoms with Gasteiger partial charge in [0, 0.05) is 14.6 Å². The lowest BCUT2D eigenvalue weighted by Gasteiger charge is -2.23. The molecule has 6 heteroatoms. The van der Waals surface area contributed by atoms with Gasteiger partial charge in [0.05, 0.1) is 11.8 Å². The van der Waals surface area contributed by atoms with Gasteiger partial charge in [-0.25, -0.2) is 0 Å². The fourth-order valence-corrected chi connectivity index (χ4v) is 3.94. The highest BCUT2D eigenvalue weighted by molar-refractivity contribution is 9.13. The average Bonchev–Trinajstić information content (AvgIpc) is 3.03. The normalized spacial score (nSPS) is 29.6. The van der Waals surface area contributed by atoms with E-state index in [0.29, 0.717) is 5.69 Å². The van der Waals surface area contributed by atoms with Crippen LogP contribution in [0.4, 0.5) is 5.69 Å². The van der Waals surface area contributed by atoms with Crippen LogP contribution in [-0.4, -0.2) is 17.0 Å². The second-order valence-electron chi connectivity index (χ2n) is 5.46. The molecule has 1 aromatic rings. The molecule has 110 valence electrons. The molecule has 0 aliphatic heterocycles. The number of carbonyl (C=O) groups excluding carboxylic acids is 1. The van der Waals surface area contributed by atoms with E-state index in [2.05, 4.69) is 37.2 Å². The minimum atomic E-state index is -0.885. The van der Waals surface area contributed by atoms with Gasteiger partial charge >= 0.3 is 5.97 Å². The minimum absolute atomic E-state index is 0.0140. The largest absolute Gasteiger partial charge is 0.481 e. The molecule has 1 amide bonds. The van der Waals surface area contributed by atoms with Crippen molar-refractivity contribution in [3.63, 3.8) is 0 Å². The zero-order valence-corrected chi connectivity index (χ0v) is 14.1. The molecule has 2 aliphatic rings. The van der Waals surface area contributed by atoms with Crippen molar-refractivity contribution < 1.29 is 14.7 Å². The topological polar surface area (TPSA) is 66.4 Å². The highest BCUT2D eigenvalue weighted by atomic mass is 79.9. The van der Waals surface area contributed by atoms with Crippen molar-refractivity contribution in [2.24, 2.45) is 23.7 Å². The van der Waals surface area contributed by atoms with Gasteiger partial charge in [0.2, 0.25) is 5.91 Å². The van der Waals surface area contributed by atoms with E-state index in [4.69, 9.17) is 0 Å². The van der Waals surface area contributed by atoms with Gasteiger partial charge in [-0.1, -0.05) is 12.2 Å². The second kappa shape index (κ2) is 5.57. The zero-order valence-electron chi connectivity index (χ0n) is 10.9. The molecule has 1 saturated carbocycles. The summed E-state index contributed by atoms with van der Waals surface area (Å²) in [7, 11) is 0. The molecule has 0 unspecified atom stereocenters. The van der Waals surface area contributed by atoms with Crippen LogP contribution in [0.2, 0.25) is 0 Å². The fourth-order valence-electron chi connectivity index (χ4n) is 3.32. The van der Waals surface area contributed by atoms with E-state index in [1.54, 1.807) is 12.1 Å². The molecule has 4 atom stereocenters. The maximum absolute atomic E-state index is 12.5. The lowest BCUT2D eigenvalue weighted by Crippen LogP contribution is -2.36. The number of carboxylic acids is 1. The molecule has 0 heterocycles. The zero-order chi connectivity index (χ0) is 15.1. The Kier molecular flexibility index (Phi) is 3.92. The number of anilines is 1. The van der Waals surface area contributed by atoms with Crippen LogP contribution in [-0.2, 0) is 9.59 Å². The highest BCUT2D eigenvalue weighted by Gasteiger charge is 2.51. The van der Waals surface area contributed by atoms with Crippen molar-refractivity contribution in [2.75, 3.05) is 5.32 Å². The number of hydrogen-bond acceptors (Lipinski definition) is 2. The first-order valence-electron chi connectivity index (χ1n) is 6.64. The van der Waals surface area contributed by atoms with Crippen LogP contribution >= 0.6 is 31.9 Å². The van der Waals surface area contributed by atoms with Crippen LogP contribution in [0.5, 0.6) is 0 Å². The molecular formula is C15H13Br2NO3. The average molecular weight is 415 g/mol. The van der Waals surface area contributed by atoms with Gasteiger partial charge in [-0.05, 0) is 68.3 Å². The van der Waals surface area contributed by atoms with E-state index in [1.807, 2.05) is 18.2 Å². The van der Waals surface area contributed by atoms with Crippen molar-refractivity contribution >= 4 is 49.4 Å². The Morgan fingerprint density at radius 3 is 2.38 bits per heavy atom. The van der Waals surface area contributed by atoms with Gasteiger partial charge in [-0.15, -0.1) is 0 Å². The summed E-state index contributed by atoms with van der Waals surface area (Å²) in [6, 6.07) is 5.40. The lowest BCUT2D eigenvalue weighted by molar-refractivity contribution is -0.146. The standard InChI is InChI=1S/C15H13Br2NO3/c16-10-4-3-9(6-11(10)17)18-14(19)12-7-1-2-8(5-7)13(12)15(20)21/h1-4,6-8,12-13H,5H2,(H,18,19)(H,20,21)/t7-,8-,12-,13+/m0/s1. The first kappa shape index (κ1) is 14.8. The fraction of sp³-hybridized carbons (Fsp3) is 0.333. The number of allylic oxidation sites excluding steroid dienone is 2. The predicted molar refractivity (Wildman–Crippen MR) is 85.8 cm³/mol. The molecule has 0 aromatic heterocycles. The number of halogens is 2. The molecule has 0 spiro atoms. The van der Waals surface area contributed by atoms with E-state index >= 15 is 0 Å². The maximum atomic E-state index is 12.5. The molecule has 21 heavy (non-hydrogen) atoms. The Morgan fingerprint density at radius 2 is 1.76 bits per heavy atom. The van der Waals surface area contributed by atoms with Crippen LogP contribution < -0.4 is 5.32 Å². The number of hydrogen-bond donors (Lipinski definition) is 2. The van der Waals surface area contributed by atoms with Gasteiger partial charge in [0.15, 0.2) is 0 Å². The first-order chi connectivity index (χ1) is 9.97. The van der Waals surface area contributed by atoms with Gasteiger partial charge in [0.25, 0.3) is 0 Å². The van der Waals surface area contributed by atoms with E-state index in [1.165, 1.54) is 0 Å². The number of carboxylic acid groups (broad SMARTS) is 1. The van der Waals surface area contributed by atoms with Gasteiger partial charge in [-0.2, -0.15) is 0 Å². The van der Waals surface area contributed by atoms with E-state index < -0.39 is 17.8 Å². The van der Waals surface area contributed by atoms with E-state index in [9.17, 15) is 14.7 Å². The molecule has 3 rings (SSSR count). The molecule has 1 fully saturated rings. The summed E-state index contributed by atoms with van der Waals surface area (Å²) in [4.78, 5) is 23.9. The summed E-state index contributed by atoms with van der Waals surface area (Å²) in [5.41, 5.74) is 0.658. The molecule has 2 aliphatic carbocycles. The summed E-state index contributed by atoms with van der Waals surface area (Å²) in [6.45, 7) is 0. The predicted octanol–water partition coefficient (Wildman–Crippen LogP) is 3.67. The molecule has 0 radical (unpaired) electrons.